The normalized spacial score (nSPS) is 14.3. The zero-order chi connectivity index (χ0) is 12.3. The fourth-order valence-corrected chi connectivity index (χ4v) is 2.16. The molecule has 0 heterocycles. The molecule has 0 aliphatic rings. The second kappa shape index (κ2) is 5.03. The summed E-state index contributed by atoms with van der Waals surface area (Å²) in [5, 5.41) is 10.5. The smallest absolute Gasteiger partial charge is 0.0908 e. The molecule has 0 saturated carbocycles. The van der Waals surface area contributed by atoms with Gasteiger partial charge in [0.2, 0.25) is 0 Å². The highest BCUT2D eigenvalue weighted by molar-refractivity contribution is 9.10. The molecule has 0 bridgehead atoms. The van der Waals surface area contributed by atoms with E-state index in [9.17, 15) is 5.11 Å². The number of aliphatic hydroxyl groups is 1. The standard InChI is InChI=1S/C15H15BrO/c1-15(17,13-5-3-2-4-6-13)11-12-7-9-14(16)10-8-12/h2-10,17H,11H2,1H3. The second-order valence-corrected chi connectivity index (χ2v) is 5.36. The molecular formula is C15H15BrO. The number of benzene rings is 2. The van der Waals surface area contributed by atoms with Crippen LogP contribution in [0, 0.1) is 0 Å². The third-order valence-corrected chi connectivity index (χ3v) is 3.39. The van der Waals surface area contributed by atoms with Crippen LogP contribution in [0.15, 0.2) is 59.1 Å². The first-order valence-corrected chi connectivity index (χ1v) is 6.39. The van der Waals surface area contributed by atoms with Crippen LogP contribution < -0.4 is 0 Å². The lowest BCUT2D eigenvalue weighted by Gasteiger charge is -2.24. The quantitative estimate of drug-likeness (QED) is 0.909. The molecule has 2 rings (SSSR count). The second-order valence-electron chi connectivity index (χ2n) is 4.44. The van der Waals surface area contributed by atoms with Gasteiger partial charge >= 0.3 is 0 Å². The molecule has 1 N–H and O–H groups in total. The summed E-state index contributed by atoms with van der Waals surface area (Å²) in [4.78, 5) is 0. The fraction of sp³-hybridized carbons (Fsp3) is 0.200. The van der Waals surface area contributed by atoms with Gasteiger partial charge in [0.05, 0.1) is 5.60 Å². The molecule has 0 saturated heterocycles. The van der Waals surface area contributed by atoms with E-state index in [1.54, 1.807) is 0 Å². The summed E-state index contributed by atoms with van der Waals surface area (Å²) in [6.45, 7) is 1.85. The van der Waals surface area contributed by atoms with E-state index >= 15 is 0 Å². The Hall–Kier alpha value is -1.12. The van der Waals surface area contributed by atoms with Gasteiger partial charge in [-0.05, 0) is 30.2 Å². The highest BCUT2D eigenvalue weighted by atomic mass is 79.9. The molecule has 17 heavy (non-hydrogen) atoms. The zero-order valence-electron chi connectivity index (χ0n) is 9.73. The van der Waals surface area contributed by atoms with E-state index in [-0.39, 0.29) is 0 Å². The van der Waals surface area contributed by atoms with Crippen molar-refractivity contribution >= 4 is 15.9 Å². The SMILES string of the molecule is CC(O)(Cc1ccc(Br)cc1)c1ccccc1. The number of hydrogen-bond donors (Lipinski definition) is 1. The molecule has 0 aromatic heterocycles. The van der Waals surface area contributed by atoms with Crippen molar-refractivity contribution in [3.05, 3.63) is 70.2 Å². The molecule has 2 aromatic rings. The maximum absolute atomic E-state index is 10.5. The van der Waals surface area contributed by atoms with Crippen LogP contribution in [0.2, 0.25) is 0 Å². The van der Waals surface area contributed by atoms with Crippen molar-refractivity contribution in [2.45, 2.75) is 18.9 Å². The van der Waals surface area contributed by atoms with E-state index in [1.807, 2.05) is 61.5 Å². The summed E-state index contributed by atoms with van der Waals surface area (Å²) >= 11 is 3.41. The number of hydrogen-bond acceptors (Lipinski definition) is 1. The summed E-state index contributed by atoms with van der Waals surface area (Å²) < 4.78 is 1.06. The molecule has 2 heteroatoms. The van der Waals surface area contributed by atoms with Crippen molar-refractivity contribution < 1.29 is 5.11 Å². The average Bonchev–Trinajstić information content (AvgIpc) is 2.33. The fourth-order valence-electron chi connectivity index (χ4n) is 1.90. The highest BCUT2D eigenvalue weighted by Gasteiger charge is 2.22. The van der Waals surface area contributed by atoms with Gasteiger partial charge in [-0.25, -0.2) is 0 Å². The average molecular weight is 291 g/mol. The van der Waals surface area contributed by atoms with Gasteiger partial charge in [-0.3, -0.25) is 0 Å². The monoisotopic (exact) mass is 290 g/mol. The largest absolute Gasteiger partial charge is 0.385 e. The van der Waals surface area contributed by atoms with Crippen LogP contribution >= 0.6 is 15.9 Å². The Balaban J connectivity index is 2.20. The van der Waals surface area contributed by atoms with Gasteiger partial charge in [0, 0.05) is 10.9 Å². The molecule has 1 atom stereocenters. The first-order chi connectivity index (χ1) is 8.08. The Morgan fingerprint density at radius 1 is 1.00 bits per heavy atom. The zero-order valence-corrected chi connectivity index (χ0v) is 11.3. The molecule has 1 nitrogen and oxygen atoms in total. The summed E-state index contributed by atoms with van der Waals surface area (Å²) in [5.41, 5.74) is 1.25. The third kappa shape index (κ3) is 3.18. The van der Waals surface area contributed by atoms with Crippen molar-refractivity contribution in [2.24, 2.45) is 0 Å². The lowest BCUT2D eigenvalue weighted by atomic mass is 9.89. The van der Waals surface area contributed by atoms with Crippen molar-refractivity contribution in [3.63, 3.8) is 0 Å². The number of rotatable bonds is 3. The molecular weight excluding hydrogens is 276 g/mol. The van der Waals surface area contributed by atoms with Gasteiger partial charge in [-0.15, -0.1) is 0 Å². The maximum atomic E-state index is 10.5. The molecule has 2 aromatic carbocycles. The summed E-state index contributed by atoms with van der Waals surface area (Å²) in [6.07, 6.45) is 0.615. The highest BCUT2D eigenvalue weighted by Crippen LogP contribution is 2.25. The lowest BCUT2D eigenvalue weighted by Crippen LogP contribution is -2.24. The minimum Gasteiger partial charge on any atom is -0.385 e. The van der Waals surface area contributed by atoms with Gasteiger partial charge in [0.1, 0.15) is 0 Å². The first-order valence-electron chi connectivity index (χ1n) is 5.60. The molecule has 0 radical (unpaired) electrons. The molecule has 0 spiro atoms. The Labute approximate surface area is 110 Å². The van der Waals surface area contributed by atoms with E-state index < -0.39 is 5.60 Å². The molecule has 0 aliphatic heterocycles. The third-order valence-electron chi connectivity index (χ3n) is 2.86. The molecule has 88 valence electrons. The Kier molecular flexibility index (Phi) is 3.65. The van der Waals surface area contributed by atoms with Gasteiger partial charge in [-0.1, -0.05) is 58.4 Å². The lowest BCUT2D eigenvalue weighted by molar-refractivity contribution is 0.0576. The van der Waals surface area contributed by atoms with Crippen LogP contribution in [0.3, 0.4) is 0 Å². The van der Waals surface area contributed by atoms with Crippen LogP contribution in [0.5, 0.6) is 0 Å². The number of halogens is 1. The first kappa shape index (κ1) is 12.3. The van der Waals surface area contributed by atoms with Crippen molar-refractivity contribution in [2.75, 3.05) is 0 Å². The van der Waals surface area contributed by atoms with Crippen LogP contribution in [-0.2, 0) is 12.0 Å². The van der Waals surface area contributed by atoms with E-state index in [4.69, 9.17) is 0 Å². The predicted molar refractivity (Wildman–Crippen MR) is 73.9 cm³/mol. The van der Waals surface area contributed by atoms with E-state index in [0.29, 0.717) is 6.42 Å². The Bertz CT molecular complexity index is 474. The summed E-state index contributed by atoms with van der Waals surface area (Å²) in [6, 6.07) is 17.8. The van der Waals surface area contributed by atoms with Gasteiger partial charge in [-0.2, -0.15) is 0 Å². The van der Waals surface area contributed by atoms with Crippen molar-refractivity contribution in [1.82, 2.24) is 0 Å². The Morgan fingerprint density at radius 3 is 2.18 bits per heavy atom. The maximum Gasteiger partial charge on any atom is 0.0908 e. The van der Waals surface area contributed by atoms with E-state index in [0.717, 1.165) is 15.6 Å². The molecule has 0 amide bonds. The predicted octanol–water partition coefficient (Wildman–Crippen LogP) is 3.90. The Morgan fingerprint density at radius 2 is 1.59 bits per heavy atom. The van der Waals surface area contributed by atoms with Gasteiger partial charge < -0.3 is 5.11 Å². The van der Waals surface area contributed by atoms with Crippen molar-refractivity contribution in [1.29, 1.82) is 0 Å². The van der Waals surface area contributed by atoms with Gasteiger partial charge in [0.25, 0.3) is 0 Å². The molecule has 0 fully saturated rings. The summed E-state index contributed by atoms with van der Waals surface area (Å²) in [7, 11) is 0. The van der Waals surface area contributed by atoms with Crippen LogP contribution in [-0.4, -0.2) is 5.11 Å². The minimum absolute atomic E-state index is 0.615. The van der Waals surface area contributed by atoms with Crippen LogP contribution in [0.25, 0.3) is 0 Å². The topological polar surface area (TPSA) is 20.2 Å². The minimum atomic E-state index is -0.824. The summed E-state index contributed by atoms with van der Waals surface area (Å²) in [5.74, 6) is 0. The van der Waals surface area contributed by atoms with E-state index in [1.165, 1.54) is 0 Å². The van der Waals surface area contributed by atoms with Gasteiger partial charge in [0.15, 0.2) is 0 Å². The van der Waals surface area contributed by atoms with Crippen LogP contribution in [0.4, 0.5) is 0 Å². The van der Waals surface area contributed by atoms with E-state index in [2.05, 4.69) is 15.9 Å². The van der Waals surface area contributed by atoms with Crippen molar-refractivity contribution in [3.8, 4) is 0 Å². The molecule has 1 unspecified atom stereocenters. The molecule has 0 aliphatic carbocycles. The van der Waals surface area contributed by atoms with Crippen LogP contribution in [0.1, 0.15) is 18.1 Å².